The van der Waals surface area contributed by atoms with Crippen LogP contribution < -0.4 is 0 Å². The Morgan fingerprint density at radius 1 is 1.38 bits per heavy atom. The molecule has 4 nitrogen and oxygen atoms in total. The van der Waals surface area contributed by atoms with Crippen molar-refractivity contribution >= 4 is 17.0 Å². The quantitative estimate of drug-likeness (QED) is 0.813. The fourth-order valence-electron chi connectivity index (χ4n) is 1.61. The molecule has 0 saturated heterocycles. The van der Waals surface area contributed by atoms with E-state index in [-0.39, 0.29) is 0 Å². The lowest BCUT2D eigenvalue weighted by Crippen LogP contribution is -2.08. The molecule has 0 radical (unpaired) electrons. The number of fused-ring (bicyclic) bond motifs is 1. The van der Waals surface area contributed by atoms with Gasteiger partial charge in [-0.05, 0) is 44.0 Å². The highest BCUT2D eigenvalue weighted by molar-refractivity contribution is 5.80. The van der Waals surface area contributed by atoms with Crippen molar-refractivity contribution in [3.8, 4) is 0 Å². The maximum Gasteiger partial charge on any atom is 0.313 e. The molecule has 0 amide bonds. The zero-order valence-corrected chi connectivity index (χ0v) is 9.53. The van der Waals surface area contributed by atoms with E-state index < -0.39 is 11.9 Å². The number of nitrogens with one attached hydrogen (secondary N) is 1. The molecule has 0 aliphatic carbocycles. The summed E-state index contributed by atoms with van der Waals surface area (Å²) in [7, 11) is 0. The molecule has 4 heteroatoms. The Balaban J connectivity index is 2.56. The first-order chi connectivity index (χ1) is 7.49. The summed E-state index contributed by atoms with van der Waals surface area (Å²) < 4.78 is 0. The van der Waals surface area contributed by atoms with Gasteiger partial charge in [0.25, 0.3) is 0 Å². The van der Waals surface area contributed by atoms with Crippen molar-refractivity contribution in [2.45, 2.75) is 26.7 Å². The molecule has 16 heavy (non-hydrogen) atoms. The van der Waals surface area contributed by atoms with Gasteiger partial charge in [-0.25, -0.2) is 4.98 Å². The Bertz CT molecular complexity index is 518. The van der Waals surface area contributed by atoms with Gasteiger partial charge < -0.3 is 10.1 Å². The molecule has 0 bridgehead atoms. The van der Waals surface area contributed by atoms with E-state index in [0.29, 0.717) is 5.82 Å². The van der Waals surface area contributed by atoms with Gasteiger partial charge in [0.05, 0.1) is 11.0 Å². The smallest absolute Gasteiger partial charge is 0.313 e. The van der Waals surface area contributed by atoms with Crippen LogP contribution in [-0.2, 0) is 4.79 Å². The summed E-state index contributed by atoms with van der Waals surface area (Å²) >= 11 is 0. The van der Waals surface area contributed by atoms with Gasteiger partial charge in [0.2, 0.25) is 0 Å². The average molecular weight is 218 g/mol. The maximum absolute atomic E-state index is 10.9. The third-order valence-electron chi connectivity index (χ3n) is 2.90. The van der Waals surface area contributed by atoms with E-state index in [0.717, 1.165) is 16.6 Å². The summed E-state index contributed by atoms with van der Waals surface area (Å²) in [4.78, 5) is 18.2. The van der Waals surface area contributed by atoms with Gasteiger partial charge >= 0.3 is 5.97 Å². The normalized spacial score (nSPS) is 12.9. The number of aromatic amines is 1. The molecule has 0 aliphatic rings. The maximum atomic E-state index is 10.9. The second kappa shape index (κ2) is 3.63. The molecule has 2 N–H and O–H groups in total. The van der Waals surface area contributed by atoms with Gasteiger partial charge in [0.1, 0.15) is 11.7 Å². The predicted octanol–water partition coefficient (Wildman–Crippen LogP) is 2.37. The fourth-order valence-corrected chi connectivity index (χ4v) is 1.61. The molecule has 1 heterocycles. The first-order valence-corrected chi connectivity index (χ1v) is 5.18. The topological polar surface area (TPSA) is 66.0 Å². The number of nitrogens with zero attached hydrogens (tertiary/aromatic N) is 1. The lowest BCUT2D eigenvalue weighted by atomic mass is 10.1. The molecule has 0 fully saturated rings. The van der Waals surface area contributed by atoms with Crippen LogP contribution in [0.5, 0.6) is 0 Å². The molecular formula is C12H14N2O2. The van der Waals surface area contributed by atoms with E-state index >= 15 is 0 Å². The zero-order valence-electron chi connectivity index (χ0n) is 9.53. The molecule has 2 aromatic rings. The number of aliphatic carboxylic acids is 1. The Kier molecular flexibility index (Phi) is 2.42. The van der Waals surface area contributed by atoms with E-state index in [1.165, 1.54) is 5.56 Å². The summed E-state index contributed by atoms with van der Waals surface area (Å²) in [6.07, 6.45) is 0. The second-order valence-corrected chi connectivity index (χ2v) is 4.14. The summed E-state index contributed by atoms with van der Waals surface area (Å²) in [6, 6.07) is 3.97. The number of aryl methyl sites for hydroxylation is 2. The Hall–Kier alpha value is -1.84. The van der Waals surface area contributed by atoms with Crippen molar-refractivity contribution in [2.75, 3.05) is 0 Å². The Labute approximate surface area is 93.3 Å². The first-order valence-electron chi connectivity index (χ1n) is 5.18. The van der Waals surface area contributed by atoms with E-state index in [1.54, 1.807) is 6.92 Å². The van der Waals surface area contributed by atoms with Crippen molar-refractivity contribution in [3.05, 3.63) is 29.1 Å². The van der Waals surface area contributed by atoms with Crippen LogP contribution in [0.1, 0.15) is 29.8 Å². The molecule has 0 saturated carbocycles. The minimum atomic E-state index is -0.868. The van der Waals surface area contributed by atoms with Gasteiger partial charge in [-0.3, -0.25) is 4.79 Å². The average Bonchev–Trinajstić information content (AvgIpc) is 2.60. The highest BCUT2D eigenvalue weighted by atomic mass is 16.4. The third-order valence-corrected chi connectivity index (χ3v) is 2.90. The van der Waals surface area contributed by atoms with Crippen LogP contribution >= 0.6 is 0 Å². The Morgan fingerprint density at radius 3 is 2.62 bits per heavy atom. The number of carboxylic acid groups (broad SMARTS) is 1. The van der Waals surface area contributed by atoms with Crippen molar-refractivity contribution in [1.82, 2.24) is 9.97 Å². The van der Waals surface area contributed by atoms with Crippen LogP contribution in [0.25, 0.3) is 11.0 Å². The van der Waals surface area contributed by atoms with Gasteiger partial charge in [-0.15, -0.1) is 0 Å². The number of carboxylic acids is 1. The number of carbonyl (C=O) groups is 1. The van der Waals surface area contributed by atoms with Crippen LogP contribution in [-0.4, -0.2) is 21.0 Å². The molecule has 2 rings (SSSR count). The van der Waals surface area contributed by atoms with Crippen molar-refractivity contribution < 1.29 is 9.90 Å². The monoisotopic (exact) mass is 218 g/mol. The Morgan fingerprint density at radius 2 is 2.00 bits per heavy atom. The predicted molar refractivity (Wildman–Crippen MR) is 61.6 cm³/mol. The lowest BCUT2D eigenvalue weighted by Gasteiger charge is -1.99. The molecule has 0 spiro atoms. The van der Waals surface area contributed by atoms with Crippen LogP contribution in [0.15, 0.2) is 12.1 Å². The van der Waals surface area contributed by atoms with Crippen molar-refractivity contribution in [3.63, 3.8) is 0 Å². The van der Waals surface area contributed by atoms with E-state index in [4.69, 9.17) is 5.11 Å². The van der Waals surface area contributed by atoms with Gasteiger partial charge in [-0.1, -0.05) is 0 Å². The summed E-state index contributed by atoms with van der Waals surface area (Å²) in [5, 5.41) is 8.91. The molecule has 1 aromatic heterocycles. The van der Waals surface area contributed by atoms with E-state index in [2.05, 4.69) is 9.97 Å². The summed E-state index contributed by atoms with van der Waals surface area (Å²) in [6.45, 7) is 5.67. The van der Waals surface area contributed by atoms with Crippen LogP contribution in [0.3, 0.4) is 0 Å². The highest BCUT2D eigenvalue weighted by Crippen LogP contribution is 2.20. The third kappa shape index (κ3) is 1.66. The van der Waals surface area contributed by atoms with Crippen LogP contribution in [0.4, 0.5) is 0 Å². The van der Waals surface area contributed by atoms with Gasteiger partial charge in [0.15, 0.2) is 0 Å². The molecule has 1 unspecified atom stereocenters. The first kappa shape index (κ1) is 10.7. The molecule has 0 aliphatic heterocycles. The highest BCUT2D eigenvalue weighted by Gasteiger charge is 2.17. The van der Waals surface area contributed by atoms with Crippen LogP contribution in [0.2, 0.25) is 0 Å². The molecule has 1 atom stereocenters. The zero-order chi connectivity index (χ0) is 11.9. The summed E-state index contributed by atoms with van der Waals surface area (Å²) in [5.74, 6) is -0.965. The molecule has 84 valence electrons. The molecular weight excluding hydrogens is 204 g/mol. The minimum Gasteiger partial charge on any atom is -0.481 e. The van der Waals surface area contributed by atoms with E-state index in [1.807, 2.05) is 26.0 Å². The number of hydrogen-bond acceptors (Lipinski definition) is 2. The lowest BCUT2D eigenvalue weighted by molar-refractivity contribution is -0.138. The number of hydrogen-bond donors (Lipinski definition) is 2. The minimum absolute atomic E-state index is 0.507. The number of imidazole rings is 1. The second-order valence-electron chi connectivity index (χ2n) is 4.14. The number of aromatic nitrogens is 2. The van der Waals surface area contributed by atoms with Crippen LogP contribution in [0, 0.1) is 13.8 Å². The number of rotatable bonds is 2. The van der Waals surface area contributed by atoms with Gasteiger partial charge in [0, 0.05) is 0 Å². The van der Waals surface area contributed by atoms with Crippen molar-refractivity contribution in [1.29, 1.82) is 0 Å². The van der Waals surface area contributed by atoms with E-state index in [9.17, 15) is 4.79 Å². The fraction of sp³-hybridized carbons (Fsp3) is 0.333. The SMILES string of the molecule is Cc1cc2nc(C(C)C(=O)O)[nH]c2cc1C. The number of H-pyrrole nitrogens is 1. The molecule has 1 aromatic carbocycles. The number of benzene rings is 1. The van der Waals surface area contributed by atoms with Gasteiger partial charge in [-0.2, -0.15) is 0 Å². The summed E-state index contributed by atoms with van der Waals surface area (Å²) in [5.41, 5.74) is 4.05. The largest absolute Gasteiger partial charge is 0.481 e. The van der Waals surface area contributed by atoms with Crippen molar-refractivity contribution in [2.24, 2.45) is 0 Å². The standard InChI is InChI=1S/C12H14N2O2/c1-6-4-9-10(5-7(6)2)14-11(13-9)8(3)12(15)16/h4-5,8H,1-3H3,(H,13,14)(H,15,16).